The Labute approximate surface area is 91.2 Å². The molecule has 0 aliphatic rings. The van der Waals surface area contributed by atoms with Crippen molar-refractivity contribution in [1.29, 1.82) is 0 Å². The molecule has 1 rings (SSSR count). The summed E-state index contributed by atoms with van der Waals surface area (Å²) in [4.78, 5) is 0. The Morgan fingerprint density at radius 3 is 2.15 bits per heavy atom. The summed E-state index contributed by atoms with van der Waals surface area (Å²) in [6, 6.07) is 3.19. The number of aliphatic hydroxyl groups excluding tert-OH is 1. The highest BCUT2D eigenvalue weighted by atomic mass is 35.5. The highest BCUT2D eigenvalue weighted by Crippen LogP contribution is 2.30. The minimum atomic E-state index is -0.197. The monoisotopic (exact) mass is 234 g/mol. The van der Waals surface area contributed by atoms with E-state index in [1.807, 2.05) is 0 Å². The van der Waals surface area contributed by atoms with Crippen LogP contribution in [0.15, 0.2) is 12.1 Å². The van der Waals surface area contributed by atoms with Crippen molar-refractivity contribution in [3.8, 4) is 11.8 Å². The first-order valence-electron chi connectivity index (χ1n) is 3.39. The number of halogens is 3. The minimum absolute atomic E-state index is 0.197. The molecule has 0 radical (unpaired) electrons. The van der Waals surface area contributed by atoms with Crippen LogP contribution in [0, 0.1) is 11.8 Å². The predicted molar refractivity (Wildman–Crippen MR) is 55.4 cm³/mol. The van der Waals surface area contributed by atoms with E-state index in [2.05, 4.69) is 11.8 Å². The van der Waals surface area contributed by atoms with Gasteiger partial charge < -0.3 is 5.11 Å². The van der Waals surface area contributed by atoms with Gasteiger partial charge in [-0.2, -0.15) is 0 Å². The molecule has 0 atom stereocenters. The third-order valence-electron chi connectivity index (χ3n) is 1.30. The highest BCUT2D eigenvalue weighted by Gasteiger charge is 2.03. The van der Waals surface area contributed by atoms with Gasteiger partial charge in [-0.25, -0.2) is 0 Å². The normalized spacial score (nSPS) is 9.23. The third-order valence-corrected chi connectivity index (χ3v) is 2.49. The molecule has 68 valence electrons. The van der Waals surface area contributed by atoms with Crippen LogP contribution in [0.2, 0.25) is 15.1 Å². The van der Waals surface area contributed by atoms with Crippen LogP contribution >= 0.6 is 34.8 Å². The van der Waals surface area contributed by atoms with Gasteiger partial charge in [0.15, 0.2) is 0 Å². The molecule has 0 amide bonds. The van der Waals surface area contributed by atoms with Crippen molar-refractivity contribution in [3.63, 3.8) is 0 Å². The first kappa shape index (κ1) is 10.7. The van der Waals surface area contributed by atoms with Gasteiger partial charge in [-0.1, -0.05) is 46.6 Å². The SMILES string of the molecule is OCC#Cc1cc(Cl)c(Cl)c(Cl)c1. The van der Waals surface area contributed by atoms with E-state index < -0.39 is 0 Å². The van der Waals surface area contributed by atoms with Crippen LogP contribution in [-0.4, -0.2) is 11.7 Å². The number of rotatable bonds is 0. The summed E-state index contributed by atoms with van der Waals surface area (Å²) in [7, 11) is 0. The molecule has 0 fully saturated rings. The lowest BCUT2D eigenvalue weighted by atomic mass is 10.2. The lowest BCUT2D eigenvalue weighted by molar-refractivity contribution is 0.350. The minimum Gasteiger partial charge on any atom is -0.384 e. The van der Waals surface area contributed by atoms with E-state index >= 15 is 0 Å². The molecule has 1 aromatic carbocycles. The van der Waals surface area contributed by atoms with Crippen LogP contribution < -0.4 is 0 Å². The molecule has 4 heteroatoms. The maximum atomic E-state index is 8.46. The van der Waals surface area contributed by atoms with Crippen LogP contribution in [-0.2, 0) is 0 Å². The number of hydrogen-bond acceptors (Lipinski definition) is 1. The first-order chi connectivity index (χ1) is 6.15. The van der Waals surface area contributed by atoms with Gasteiger partial charge in [0.25, 0.3) is 0 Å². The Balaban J connectivity index is 3.13. The van der Waals surface area contributed by atoms with E-state index in [1.54, 1.807) is 12.1 Å². The van der Waals surface area contributed by atoms with Gasteiger partial charge in [0, 0.05) is 5.56 Å². The second-order valence-electron chi connectivity index (χ2n) is 2.21. The Hall–Kier alpha value is -0.390. The largest absolute Gasteiger partial charge is 0.384 e. The van der Waals surface area contributed by atoms with Gasteiger partial charge >= 0.3 is 0 Å². The van der Waals surface area contributed by atoms with E-state index in [0.717, 1.165) is 0 Å². The quantitative estimate of drug-likeness (QED) is 0.541. The van der Waals surface area contributed by atoms with Crippen molar-refractivity contribution in [2.45, 2.75) is 0 Å². The van der Waals surface area contributed by atoms with E-state index in [1.165, 1.54) is 0 Å². The molecule has 0 bridgehead atoms. The zero-order chi connectivity index (χ0) is 9.84. The highest BCUT2D eigenvalue weighted by molar-refractivity contribution is 6.48. The van der Waals surface area contributed by atoms with Gasteiger partial charge in [-0.3, -0.25) is 0 Å². The van der Waals surface area contributed by atoms with Crippen molar-refractivity contribution in [1.82, 2.24) is 0 Å². The Kier molecular flexibility index (Phi) is 3.90. The van der Waals surface area contributed by atoms with E-state index in [-0.39, 0.29) is 6.61 Å². The second kappa shape index (κ2) is 4.74. The molecule has 13 heavy (non-hydrogen) atoms. The van der Waals surface area contributed by atoms with Crippen LogP contribution in [0.3, 0.4) is 0 Å². The lowest BCUT2D eigenvalue weighted by Crippen LogP contribution is -1.79. The summed E-state index contributed by atoms with van der Waals surface area (Å²) in [6.07, 6.45) is 0. The van der Waals surface area contributed by atoms with Crippen molar-refractivity contribution >= 4 is 34.8 Å². The van der Waals surface area contributed by atoms with Crippen molar-refractivity contribution in [3.05, 3.63) is 32.8 Å². The molecule has 1 aromatic rings. The maximum absolute atomic E-state index is 8.46. The lowest BCUT2D eigenvalue weighted by Gasteiger charge is -1.99. The molecule has 1 N–H and O–H groups in total. The average molecular weight is 235 g/mol. The molecule has 0 saturated carbocycles. The third kappa shape index (κ3) is 2.79. The van der Waals surface area contributed by atoms with Crippen LogP contribution in [0.25, 0.3) is 0 Å². The fraction of sp³-hybridized carbons (Fsp3) is 0.111. The summed E-state index contributed by atoms with van der Waals surface area (Å²) in [6.45, 7) is -0.197. The summed E-state index contributed by atoms with van der Waals surface area (Å²) < 4.78 is 0. The average Bonchev–Trinajstić information content (AvgIpc) is 2.10. The molecular weight excluding hydrogens is 230 g/mol. The fourth-order valence-electron chi connectivity index (χ4n) is 0.769. The molecule has 0 heterocycles. The molecule has 1 nitrogen and oxygen atoms in total. The van der Waals surface area contributed by atoms with Gasteiger partial charge in [-0.15, -0.1) is 0 Å². The summed E-state index contributed by atoms with van der Waals surface area (Å²) in [5.41, 5.74) is 0.633. The standard InChI is InChI=1S/C9H5Cl3O/c10-7-4-6(2-1-3-13)5-8(11)9(7)12/h4-5,13H,3H2. The zero-order valence-corrected chi connectivity index (χ0v) is 8.71. The Bertz CT molecular complexity index is 353. The zero-order valence-electron chi connectivity index (χ0n) is 6.44. The van der Waals surface area contributed by atoms with Crippen molar-refractivity contribution < 1.29 is 5.11 Å². The van der Waals surface area contributed by atoms with Gasteiger partial charge in [0.05, 0.1) is 15.1 Å². The van der Waals surface area contributed by atoms with E-state index in [9.17, 15) is 0 Å². The van der Waals surface area contributed by atoms with E-state index in [0.29, 0.717) is 20.6 Å². The fourth-order valence-corrected chi connectivity index (χ4v) is 1.37. The topological polar surface area (TPSA) is 20.2 Å². The number of aliphatic hydroxyl groups is 1. The van der Waals surface area contributed by atoms with Gasteiger partial charge in [0.1, 0.15) is 6.61 Å². The number of benzene rings is 1. The van der Waals surface area contributed by atoms with Gasteiger partial charge in [-0.05, 0) is 12.1 Å². The number of hydrogen-bond donors (Lipinski definition) is 1. The van der Waals surface area contributed by atoms with Crippen LogP contribution in [0.4, 0.5) is 0 Å². The molecule has 0 saturated heterocycles. The summed E-state index contributed by atoms with van der Waals surface area (Å²) >= 11 is 17.2. The molecule has 0 unspecified atom stereocenters. The Morgan fingerprint density at radius 2 is 1.69 bits per heavy atom. The molecule has 0 aliphatic heterocycles. The molecule has 0 spiro atoms. The summed E-state index contributed by atoms with van der Waals surface area (Å²) in [5.74, 6) is 5.16. The molecule has 0 aliphatic carbocycles. The predicted octanol–water partition coefficient (Wildman–Crippen LogP) is 2.99. The molecule has 0 aromatic heterocycles. The molecular formula is C9H5Cl3O. The van der Waals surface area contributed by atoms with E-state index in [4.69, 9.17) is 39.9 Å². The second-order valence-corrected chi connectivity index (χ2v) is 3.41. The van der Waals surface area contributed by atoms with Crippen molar-refractivity contribution in [2.75, 3.05) is 6.61 Å². The maximum Gasteiger partial charge on any atom is 0.104 e. The van der Waals surface area contributed by atoms with Gasteiger partial charge in [0.2, 0.25) is 0 Å². The first-order valence-corrected chi connectivity index (χ1v) is 4.53. The summed E-state index contributed by atoms with van der Waals surface area (Å²) in [5, 5.41) is 9.49. The van der Waals surface area contributed by atoms with Crippen LogP contribution in [0.5, 0.6) is 0 Å². The Morgan fingerprint density at radius 1 is 1.15 bits per heavy atom. The van der Waals surface area contributed by atoms with Crippen molar-refractivity contribution in [2.24, 2.45) is 0 Å². The van der Waals surface area contributed by atoms with Crippen LogP contribution in [0.1, 0.15) is 5.56 Å². The smallest absolute Gasteiger partial charge is 0.104 e.